The molecule has 0 amide bonds. The molecule has 5 nitrogen and oxygen atoms in total. The van der Waals surface area contributed by atoms with Gasteiger partial charge >= 0.3 is 0 Å². The molecule has 3 unspecified atom stereocenters. The third-order valence-electron chi connectivity index (χ3n) is 8.78. The molecule has 0 saturated carbocycles. The monoisotopic (exact) mass is 531 g/mol. The van der Waals surface area contributed by atoms with Crippen molar-refractivity contribution in [3.63, 3.8) is 0 Å². The second-order valence-electron chi connectivity index (χ2n) is 12.4. The molecule has 1 fully saturated rings. The Kier molecular flexibility index (Phi) is 7.39. The normalized spacial score (nSPS) is 20.6. The summed E-state index contributed by atoms with van der Waals surface area (Å²) in [4.78, 5) is 22.7. The van der Waals surface area contributed by atoms with E-state index in [1.54, 1.807) is 0 Å². The van der Waals surface area contributed by atoms with E-state index in [1.807, 2.05) is 12.4 Å². The van der Waals surface area contributed by atoms with E-state index in [1.165, 1.54) is 41.6 Å². The first-order valence-corrected chi connectivity index (χ1v) is 15.0. The fraction of sp³-hybridized carbons (Fsp3) is 0.429. The second-order valence-corrected chi connectivity index (χ2v) is 12.4. The zero-order valence-corrected chi connectivity index (χ0v) is 24.6. The predicted molar refractivity (Wildman–Crippen MR) is 163 cm³/mol. The standard InChI is InChI=1S/C35H41N5/c1-22(2)17-26-11-8-14-32(35-36-20-23(3)21-37-35)40-29-13-7-12-27(18-29)34-38-28(15-16-31(26)40)19-30(39-34)33-24(4)9-6-10-25(33)5/h6-7,9-10,12-13,18-22,26,31-32H,8,11,14-17H2,1-5H3. The molecule has 206 valence electrons. The SMILES string of the molecule is Cc1cnc(C2CCCC(CC(C)C)C3CCc4cc(-c5c(C)cccc5C)nc(n4)-c4cccc(c4)N23)nc1. The maximum absolute atomic E-state index is 5.15. The molecule has 0 radical (unpaired) electrons. The van der Waals surface area contributed by atoms with Crippen molar-refractivity contribution >= 4 is 5.69 Å². The van der Waals surface area contributed by atoms with Crippen molar-refractivity contribution in [1.82, 2.24) is 19.9 Å². The highest BCUT2D eigenvalue weighted by molar-refractivity contribution is 5.71. The molecule has 0 N–H and O–H groups in total. The zero-order valence-electron chi connectivity index (χ0n) is 24.6. The molecule has 2 aliphatic rings. The first-order valence-electron chi connectivity index (χ1n) is 15.0. The first-order chi connectivity index (χ1) is 19.4. The van der Waals surface area contributed by atoms with Gasteiger partial charge in [0, 0.05) is 40.9 Å². The number of hydrogen-bond acceptors (Lipinski definition) is 5. The van der Waals surface area contributed by atoms with Crippen LogP contribution in [0.1, 0.15) is 80.2 Å². The van der Waals surface area contributed by atoms with Crippen molar-refractivity contribution < 1.29 is 0 Å². The second kappa shape index (κ2) is 11.1. The Bertz CT molecular complexity index is 1470. The summed E-state index contributed by atoms with van der Waals surface area (Å²) in [5.41, 5.74) is 9.30. The lowest BCUT2D eigenvalue weighted by Gasteiger charge is -2.42. The van der Waals surface area contributed by atoms with Gasteiger partial charge in [-0.1, -0.05) is 50.6 Å². The number of benzene rings is 2. The van der Waals surface area contributed by atoms with Crippen LogP contribution < -0.4 is 4.90 Å². The van der Waals surface area contributed by atoms with E-state index in [0.29, 0.717) is 17.9 Å². The predicted octanol–water partition coefficient (Wildman–Crippen LogP) is 8.23. The molecular weight excluding hydrogens is 490 g/mol. The first kappa shape index (κ1) is 26.6. The summed E-state index contributed by atoms with van der Waals surface area (Å²) in [6.07, 6.45) is 10.6. The number of anilines is 1. The Morgan fingerprint density at radius 2 is 1.62 bits per heavy atom. The summed E-state index contributed by atoms with van der Waals surface area (Å²) in [5.74, 6) is 3.02. The Morgan fingerprint density at radius 1 is 0.875 bits per heavy atom. The van der Waals surface area contributed by atoms with E-state index in [2.05, 4.69) is 88.0 Å². The number of aryl methyl sites for hydroxylation is 4. The maximum Gasteiger partial charge on any atom is 0.160 e. The van der Waals surface area contributed by atoms with Gasteiger partial charge < -0.3 is 4.90 Å². The van der Waals surface area contributed by atoms with Crippen LogP contribution in [-0.2, 0) is 6.42 Å². The van der Waals surface area contributed by atoms with Crippen LogP contribution in [0.25, 0.3) is 22.6 Å². The number of rotatable bonds is 4. The molecular formula is C35H41N5. The van der Waals surface area contributed by atoms with Gasteiger partial charge in [0.25, 0.3) is 0 Å². The van der Waals surface area contributed by atoms with Crippen molar-refractivity contribution in [3.8, 4) is 22.6 Å². The van der Waals surface area contributed by atoms with Crippen LogP contribution in [0.5, 0.6) is 0 Å². The minimum Gasteiger partial charge on any atom is -0.358 e. The minimum absolute atomic E-state index is 0.155. The highest BCUT2D eigenvalue weighted by Gasteiger charge is 2.37. The lowest BCUT2D eigenvalue weighted by Crippen LogP contribution is -2.43. The molecule has 2 aromatic heterocycles. The summed E-state index contributed by atoms with van der Waals surface area (Å²) >= 11 is 0. The number of fused-ring (bicyclic) bond motifs is 7. The molecule has 1 saturated heterocycles. The lowest BCUT2D eigenvalue weighted by molar-refractivity contribution is 0.308. The van der Waals surface area contributed by atoms with Gasteiger partial charge in [-0.15, -0.1) is 0 Å². The average Bonchev–Trinajstić information content (AvgIpc) is 3.11. The van der Waals surface area contributed by atoms with Crippen LogP contribution in [0.4, 0.5) is 5.69 Å². The van der Waals surface area contributed by atoms with Gasteiger partial charge in [-0.25, -0.2) is 19.9 Å². The summed E-state index contributed by atoms with van der Waals surface area (Å²) in [6, 6.07) is 18.2. The van der Waals surface area contributed by atoms with Crippen LogP contribution in [0, 0.1) is 32.6 Å². The lowest BCUT2D eigenvalue weighted by atomic mass is 9.84. The van der Waals surface area contributed by atoms with Gasteiger partial charge in [-0.2, -0.15) is 0 Å². The van der Waals surface area contributed by atoms with Crippen molar-refractivity contribution in [2.24, 2.45) is 11.8 Å². The molecule has 2 aromatic carbocycles. The van der Waals surface area contributed by atoms with Gasteiger partial charge in [-0.05, 0) is 99.6 Å². The topological polar surface area (TPSA) is 54.8 Å². The van der Waals surface area contributed by atoms with Crippen LogP contribution in [-0.4, -0.2) is 26.0 Å². The molecule has 2 aliphatic heterocycles. The summed E-state index contributed by atoms with van der Waals surface area (Å²) in [7, 11) is 0. The van der Waals surface area contributed by atoms with Crippen LogP contribution in [0.3, 0.4) is 0 Å². The van der Waals surface area contributed by atoms with Crippen molar-refractivity contribution in [2.75, 3.05) is 4.90 Å². The maximum atomic E-state index is 5.15. The van der Waals surface area contributed by atoms with Crippen molar-refractivity contribution in [3.05, 3.63) is 89.1 Å². The zero-order chi connectivity index (χ0) is 27.8. The van der Waals surface area contributed by atoms with Gasteiger partial charge in [0.15, 0.2) is 11.6 Å². The smallest absolute Gasteiger partial charge is 0.160 e. The van der Waals surface area contributed by atoms with Crippen molar-refractivity contribution in [1.29, 1.82) is 0 Å². The Morgan fingerprint density at radius 3 is 2.38 bits per heavy atom. The Hall–Kier alpha value is -3.60. The largest absolute Gasteiger partial charge is 0.358 e. The summed E-state index contributed by atoms with van der Waals surface area (Å²) < 4.78 is 0. The van der Waals surface area contributed by atoms with E-state index in [0.717, 1.165) is 53.4 Å². The molecule has 5 heteroatoms. The van der Waals surface area contributed by atoms with Crippen LogP contribution in [0.15, 0.2) is 60.9 Å². The van der Waals surface area contributed by atoms with Crippen LogP contribution >= 0.6 is 0 Å². The molecule has 3 atom stereocenters. The molecule has 6 rings (SSSR count). The third kappa shape index (κ3) is 5.26. The highest BCUT2D eigenvalue weighted by atomic mass is 15.2. The third-order valence-corrected chi connectivity index (χ3v) is 8.78. The molecule has 0 spiro atoms. The molecule has 4 aromatic rings. The Balaban J connectivity index is 1.52. The molecule has 4 bridgehead atoms. The summed E-state index contributed by atoms with van der Waals surface area (Å²) in [5, 5.41) is 0. The van der Waals surface area contributed by atoms with E-state index < -0.39 is 0 Å². The number of hydrogen-bond donors (Lipinski definition) is 0. The molecule has 0 aliphatic carbocycles. The van der Waals surface area contributed by atoms with E-state index >= 15 is 0 Å². The fourth-order valence-electron chi connectivity index (χ4n) is 7.02. The van der Waals surface area contributed by atoms with Gasteiger partial charge in [0.1, 0.15) is 0 Å². The molecule has 4 heterocycles. The fourth-order valence-corrected chi connectivity index (χ4v) is 7.02. The van der Waals surface area contributed by atoms with E-state index in [-0.39, 0.29) is 6.04 Å². The molecule has 40 heavy (non-hydrogen) atoms. The summed E-state index contributed by atoms with van der Waals surface area (Å²) in [6.45, 7) is 11.2. The van der Waals surface area contributed by atoms with E-state index in [9.17, 15) is 0 Å². The highest BCUT2D eigenvalue weighted by Crippen LogP contribution is 2.43. The average molecular weight is 532 g/mol. The number of nitrogens with zero attached hydrogens (tertiary/aromatic N) is 5. The van der Waals surface area contributed by atoms with E-state index in [4.69, 9.17) is 19.9 Å². The quantitative estimate of drug-likeness (QED) is 0.265. The minimum atomic E-state index is 0.155. The van der Waals surface area contributed by atoms with Crippen LogP contribution in [0.2, 0.25) is 0 Å². The Labute approximate surface area is 239 Å². The van der Waals surface area contributed by atoms with Gasteiger partial charge in [0.05, 0.1) is 11.7 Å². The van der Waals surface area contributed by atoms with Gasteiger partial charge in [0.2, 0.25) is 0 Å². The van der Waals surface area contributed by atoms with Gasteiger partial charge in [-0.3, -0.25) is 0 Å². The number of aromatic nitrogens is 4. The van der Waals surface area contributed by atoms with Crippen molar-refractivity contribution in [2.45, 2.75) is 85.2 Å².